The van der Waals surface area contributed by atoms with E-state index in [4.69, 9.17) is 10.5 Å². The number of aliphatic hydroxyl groups excluding tert-OH is 1. The number of aliphatic hydroxyl groups is 1. The summed E-state index contributed by atoms with van der Waals surface area (Å²) in [6.45, 7) is 2.14. The first kappa shape index (κ1) is 20.5. The van der Waals surface area contributed by atoms with Crippen LogP contribution in [-0.2, 0) is 0 Å². The van der Waals surface area contributed by atoms with Gasteiger partial charge in [-0.1, -0.05) is 0 Å². The molecule has 7 nitrogen and oxygen atoms in total. The van der Waals surface area contributed by atoms with Gasteiger partial charge < -0.3 is 0 Å². The van der Waals surface area contributed by atoms with Crippen LogP contribution in [0.2, 0.25) is 9.91 Å². The van der Waals surface area contributed by atoms with Gasteiger partial charge in [0.2, 0.25) is 0 Å². The second-order valence-electron chi connectivity index (χ2n) is 6.81. The van der Waals surface area contributed by atoms with E-state index in [1.165, 1.54) is 6.20 Å². The van der Waals surface area contributed by atoms with Crippen LogP contribution in [0.1, 0.15) is 23.2 Å². The fourth-order valence-corrected chi connectivity index (χ4v) is 5.66. The van der Waals surface area contributed by atoms with Crippen molar-refractivity contribution in [3.05, 3.63) is 48.2 Å². The number of aromatic nitrogens is 1. The topological polar surface area (TPSA) is 109 Å². The number of primary amides is 1. The van der Waals surface area contributed by atoms with E-state index < -0.39 is 12.0 Å². The predicted molar refractivity (Wildman–Crippen MR) is 108 cm³/mol. The summed E-state index contributed by atoms with van der Waals surface area (Å²) in [5.41, 5.74) is 5.67. The van der Waals surface area contributed by atoms with Gasteiger partial charge in [0.15, 0.2) is 0 Å². The third-order valence-electron chi connectivity index (χ3n) is 4.67. The Hall–Kier alpha value is -2.24. The first-order chi connectivity index (χ1) is 13.5. The fourth-order valence-electron chi connectivity index (χ4n) is 3.05. The molecule has 0 spiro atoms. The van der Waals surface area contributed by atoms with Crippen LogP contribution in [0, 0.1) is 0 Å². The van der Waals surface area contributed by atoms with Crippen LogP contribution in [0.4, 0.5) is 5.82 Å². The molecule has 1 aliphatic heterocycles. The molecule has 1 atom stereocenters. The number of carbonyl (C=O) groups excluding carboxylic acids is 1. The first-order valence-electron chi connectivity index (χ1n) is 9.28. The van der Waals surface area contributed by atoms with Gasteiger partial charge in [-0.05, 0) is 0 Å². The molecule has 1 unspecified atom stereocenters. The number of carbonyl (C=O) groups is 1. The number of anilines is 1. The van der Waals surface area contributed by atoms with Crippen LogP contribution in [-0.4, -0.2) is 62.7 Å². The molecular formula is C20H25AsN3O4. The number of ether oxygens (including phenoxy) is 1. The van der Waals surface area contributed by atoms with Gasteiger partial charge in [-0.2, -0.15) is 0 Å². The zero-order chi connectivity index (χ0) is 19.9. The molecule has 3 rings (SSSR count). The molecule has 2 heterocycles. The van der Waals surface area contributed by atoms with E-state index in [0.717, 1.165) is 37.0 Å². The Balaban J connectivity index is 1.36. The summed E-state index contributed by atoms with van der Waals surface area (Å²) >= 11 is 0.0512. The molecule has 1 aromatic heterocycles. The average molecular weight is 446 g/mol. The molecule has 8 heteroatoms. The number of hydrogen-bond acceptors (Lipinski definition) is 6. The van der Waals surface area contributed by atoms with E-state index in [0.29, 0.717) is 16.0 Å². The number of rotatable bonds is 8. The maximum atomic E-state index is 11.1. The molecule has 1 aromatic carbocycles. The molecule has 0 aliphatic carbocycles. The summed E-state index contributed by atoms with van der Waals surface area (Å²) in [6.07, 6.45) is 3.24. The molecule has 1 fully saturated rings. The van der Waals surface area contributed by atoms with E-state index in [-0.39, 0.29) is 28.1 Å². The number of piperidine rings is 1. The average Bonchev–Trinajstić information content (AvgIpc) is 2.72. The van der Waals surface area contributed by atoms with Crippen molar-refractivity contribution >= 4 is 27.5 Å². The van der Waals surface area contributed by atoms with Crippen LogP contribution in [0.25, 0.3) is 0 Å². The maximum absolute atomic E-state index is 11.1. The molecule has 1 amide bonds. The Labute approximate surface area is 171 Å². The van der Waals surface area contributed by atoms with Crippen LogP contribution in [0.5, 0.6) is 11.5 Å². The van der Waals surface area contributed by atoms with Crippen molar-refractivity contribution in [2.45, 2.75) is 28.9 Å². The normalized spacial score (nSPS) is 16.4. The van der Waals surface area contributed by atoms with Gasteiger partial charge in [0.1, 0.15) is 0 Å². The Morgan fingerprint density at radius 3 is 2.57 bits per heavy atom. The van der Waals surface area contributed by atoms with Gasteiger partial charge in [-0.15, -0.1) is 0 Å². The molecule has 0 saturated carbocycles. The van der Waals surface area contributed by atoms with E-state index in [2.05, 4.69) is 9.88 Å². The summed E-state index contributed by atoms with van der Waals surface area (Å²) in [4.78, 5) is 17.7. The number of hydrogen-bond donors (Lipinski definition) is 3. The van der Waals surface area contributed by atoms with Gasteiger partial charge in [0.25, 0.3) is 0 Å². The third-order valence-corrected chi connectivity index (χ3v) is 8.17. The minimum atomic E-state index is -0.463. The Morgan fingerprint density at radius 2 is 1.96 bits per heavy atom. The zero-order valence-corrected chi connectivity index (χ0v) is 17.4. The van der Waals surface area contributed by atoms with E-state index in [1.54, 1.807) is 30.3 Å². The van der Waals surface area contributed by atoms with Gasteiger partial charge in [-0.3, -0.25) is 0 Å². The number of phenolic OH excluding ortho intramolecular Hbond substituents is 1. The number of amides is 1. The first-order valence-corrected chi connectivity index (χ1v) is 11.7. The SMILES string of the molecule is NC(=O)c1ccc(N2CCC([As]CC(O)COc3ccc(O)cc3)CC2)nc1. The summed E-state index contributed by atoms with van der Waals surface area (Å²) in [5, 5.41) is 20.2. The number of phenols is 1. The molecule has 1 radical (unpaired) electrons. The summed E-state index contributed by atoms with van der Waals surface area (Å²) in [6, 6.07) is 10.1. The van der Waals surface area contributed by atoms with Crippen LogP contribution in [0.3, 0.4) is 0 Å². The second kappa shape index (κ2) is 9.80. The van der Waals surface area contributed by atoms with Gasteiger partial charge in [-0.25, -0.2) is 0 Å². The van der Waals surface area contributed by atoms with Crippen LogP contribution in [0.15, 0.2) is 42.6 Å². The number of pyridine rings is 1. The molecule has 0 bridgehead atoms. The Kier molecular flexibility index (Phi) is 7.17. The third kappa shape index (κ3) is 5.88. The van der Waals surface area contributed by atoms with E-state index in [1.807, 2.05) is 6.07 Å². The summed E-state index contributed by atoms with van der Waals surface area (Å²) < 4.78 is 6.24. The van der Waals surface area contributed by atoms with Gasteiger partial charge in [0.05, 0.1) is 0 Å². The van der Waals surface area contributed by atoms with Crippen molar-refractivity contribution in [3.63, 3.8) is 0 Å². The second-order valence-corrected chi connectivity index (χ2v) is 9.88. The predicted octanol–water partition coefficient (Wildman–Crippen LogP) is 1.84. The van der Waals surface area contributed by atoms with Crippen molar-refractivity contribution in [2.75, 3.05) is 24.6 Å². The van der Waals surface area contributed by atoms with Gasteiger partial charge >= 0.3 is 171 Å². The van der Waals surface area contributed by atoms with Crippen molar-refractivity contribution in [3.8, 4) is 11.5 Å². The number of benzene rings is 1. The molecule has 4 N–H and O–H groups in total. The minimum absolute atomic E-state index is 0.0512. The van der Waals surface area contributed by atoms with Crippen LogP contribution < -0.4 is 15.4 Å². The fraction of sp³-hybridized carbons (Fsp3) is 0.400. The number of aromatic hydroxyl groups is 1. The molecule has 2 aromatic rings. The molecule has 149 valence electrons. The van der Waals surface area contributed by atoms with Crippen molar-refractivity contribution < 1.29 is 19.7 Å². The van der Waals surface area contributed by atoms with Crippen molar-refractivity contribution in [1.82, 2.24) is 4.98 Å². The monoisotopic (exact) mass is 446 g/mol. The van der Waals surface area contributed by atoms with Crippen molar-refractivity contribution in [2.24, 2.45) is 5.73 Å². The standard InChI is InChI=1S/C20H25AsN3O4/c22-20(27)14-1-6-19(23-12-14)24-9-7-15(8-10-24)21-11-17(26)13-28-18-4-2-16(25)3-5-18/h1-6,12,15,17,25-26H,7-11,13H2,(H2,22,27). The van der Waals surface area contributed by atoms with Gasteiger partial charge in [0, 0.05) is 0 Å². The number of nitrogens with zero attached hydrogens (tertiary/aromatic N) is 2. The zero-order valence-electron chi connectivity index (χ0n) is 15.6. The van der Waals surface area contributed by atoms with E-state index in [9.17, 15) is 15.0 Å². The quantitative estimate of drug-likeness (QED) is 0.534. The number of nitrogens with two attached hydrogens (primary N) is 1. The van der Waals surface area contributed by atoms with Crippen LogP contribution >= 0.6 is 0 Å². The molecular weight excluding hydrogens is 421 g/mol. The molecule has 28 heavy (non-hydrogen) atoms. The Bertz CT molecular complexity index is 762. The summed E-state index contributed by atoms with van der Waals surface area (Å²) in [7, 11) is 0. The van der Waals surface area contributed by atoms with E-state index >= 15 is 0 Å². The summed E-state index contributed by atoms with van der Waals surface area (Å²) in [5.74, 6) is 1.26. The Morgan fingerprint density at radius 1 is 1.25 bits per heavy atom. The molecule has 1 aliphatic rings. The van der Waals surface area contributed by atoms with Crippen molar-refractivity contribution in [1.29, 1.82) is 0 Å². The molecule has 1 saturated heterocycles.